The van der Waals surface area contributed by atoms with Crippen LogP contribution in [0, 0.1) is 0 Å². The maximum atomic E-state index is 0. The van der Waals surface area contributed by atoms with Crippen LogP contribution in [0.25, 0.3) is 0 Å². The Balaban J connectivity index is 0. The zero-order valence-electron chi connectivity index (χ0n) is 1.54. The predicted molar refractivity (Wildman–Crippen MR) is 10.3 cm³/mol. The highest BCUT2D eigenvalue weighted by atomic mass is 79.9. The lowest BCUT2D eigenvalue weighted by molar-refractivity contribution is -0.00100. The molecule has 0 N–H and O–H groups in total. The molecule has 0 heterocycles. The minimum Gasteiger partial charge on any atom is -1.00 e. The van der Waals surface area contributed by atoms with E-state index in [1.165, 1.54) is 0 Å². The highest BCUT2D eigenvalue weighted by molar-refractivity contribution is 8.93. The average molecular weight is 187 g/mol. The minimum absolute atomic E-state index is 0. The van der Waals surface area contributed by atoms with E-state index in [4.69, 9.17) is 0 Å². The van der Waals surface area contributed by atoms with Crippen LogP contribution >= 0.6 is 17.0 Å². The highest BCUT2D eigenvalue weighted by Crippen LogP contribution is 0.846. The van der Waals surface area contributed by atoms with Crippen LogP contribution in [0.4, 0.5) is 0 Å². The van der Waals surface area contributed by atoms with Gasteiger partial charge in [0.15, 0.2) is 0 Å². The van der Waals surface area contributed by atoms with Crippen LogP contribution in [0.15, 0.2) is 0 Å². The Labute approximate surface area is 54.3 Å². The van der Waals surface area contributed by atoms with E-state index in [2.05, 4.69) is 0 Å². The summed E-state index contributed by atoms with van der Waals surface area (Å²) in [5, 5.41) is 0. The van der Waals surface area contributed by atoms with Gasteiger partial charge in [0.25, 0.3) is 0 Å². The van der Waals surface area contributed by atoms with Crippen LogP contribution in [0.3, 0.4) is 0 Å². The van der Waals surface area contributed by atoms with Gasteiger partial charge in [-0.3, -0.25) is 0 Å². The Kier molecular flexibility index (Phi) is 372. The molecule has 0 amide bonds. The van der Waals surface area contributed by atoms with Crippen molar-refractivity contribution in [3.63, 3.8) is 0 Å². The quantitative estimate of drug-likeness (QED) is 0.353. The van der Waals surface area contributed by atoms with E-state index in [-0.39, 0.29) is 54.2 Å². The summed E-state index contributed by atoms with van der Waals surface area (Å²) in [7, 11) is 0. The van der Waals surface area contributed by atoms with Gasteiger partial charge in [-0.05, 0) is 0 Å². The fourth-order valence-corrected chi connectivity index (χ4v) is 0. The lowest BCUT2D eigenvalue weighted by atomic mass is 35.5. The van der Waals surface area contributed by atoms with Crippen LogP contribution < -0.4 is 37.2 Å². The number of hydrogen-bond acceptors (Lipinski definition) is 0. The Hall–Kier alpha value is 1.35. The second-order valence-corrected chi connectivity index (χ2v) is 0. The van der Waals surface area contributed by atoms with Crippen LogP contribution in [0.1, 0.15) is 0 Å². The SMILES string of the molecule is Br.[Cl-].[Cl-].[Cl-]. The standard InChI is InChI=1S/BrH.3ClH/h4*1H/p-3. The van der Waals surface area contributed by atoms with E-state index in [0.29, 0.717) is 0 Å². The van der Waals surface area contributed by atoms with E-state index in [1.807, 2.05) is 0 Å². The third kappa shape index (κ3) is 10.2. The molecule has 0 radical (unpaired) electrons. The lowest BCUT2D eigenvalue weighted by Gasteiger charge is -1.00. The third-order valence-corrected chi connectivity index (χ3v) is 0. The molecule has 0 saturated carbocycles. The first kappa shape index (κ1) is 55.5. The lowest BCUT2D eigenvalue weighted by Crippen LogP contribution is -3.00. The maximum absolute atomic E-state index is 0. The van der Waals surface area contributed by atoms with Gasteiger partial charge >= 0.3 is 0 Å². The van der Waals surface area contributed by atoms with E-state index < -0.39 is 0 Å². The molecular weight excluding hydrogens is 186 g/mol. The van der Waals surface area contributed by atoms with Gasteiger partial charge < -0.3 is 37.2 Å². The van der Waals surface area contributed by atoms with Crippen molar-refractivity contribution in [2.75, 3.05) is 0 Å². The van der Waals surface area contributed by atoms with Crippen molar-refractivity contribution in [1.29, 1.82) is 0 Å². The van der Waals surface area contributed by atoms with Crippen molar-refractivity contribution in [3.8, 4) is 0 Å². The summed E-state index contributed by atoms with van der Waals surface area (Å²) in [5.41, 5.74) is 0. The van der Waals surface area contributed by atoms with Gasteiger partial charge in [-0.2, -0.15) is 0 Å². The van der Waals surface area contributed by atoms with Gasteiger partial charge in [-0.1, -0.05) is 0 Å². The normalized spacial score (nSPS) is 0. The molecule has 32 valence electrons. The summed E-state index contributed by atoms with van der Waals surface area (Å²) < 4.78 is 0. The van der Waals surface area contributed by atoms with E-state index in [9.17, 15) is 0 Å². The van der Waals surface area contributed by atoms with E-state index in [0.717, 1.165) is 0 Å². The first-order chi connectivity index (χ1) is 0. The molecule has 0 aliphatic carbocycles. The molecule has 0 unspecified atom stereocenters. The molecule has 0 saturated heterocycles. The topological polar surface area (TPSA) is 0 Å². The second-order valence-electron chi connectivity index (χ2n) is 0. The van der Waals surface area contributed by atoms with Crippen LogP contribution in [-0.2, 0) is 0 Å². The molecule has 0 spiro atoms. The van der Waals surface area contributed by atoms with Gasteiger partial charge in [-0.25, -0.2) is 0 Å². The van der Waals surface area contributed by atoms with Gasteiger partial charge in [0, 0.05) is 0 Å². The molecule has 4 heavy (non-hydrogen) atoms. The van der Waals surface area contributed by atoms with Gasteiger partial charge in [-0.15, -0.1) is 17.0 Å². The monoisotopic (exact) mass is 185 g/mol. The summed E-state index contributed by atoms with van der Waals surface area (Å²) in [4.78, 5) is 0. The zero-order chi connectivity index (χ0) is 0. The van der Waals surface area contributed by atoms with Gasteiger partial charge in [0.1, 0.15) is 0 Å². The molecule has 0 rings (SSSR count). The molecule has 0 aliphatic heterocycles. The molecule has 0 nitrogen and oxygen atoms in total. The van der Waals surface area contributed by atoms with Gasteiger partial charge in [0.05, 0.1) is 0 Å². The summed E-state index contributed by atoms with van der Waals surface area (Å²) in [6.45, 7) is 0. The molecule has 0 aromatic rings. The fraction of sp³-hybridized carbons (Fsp3) is 0. The molecule has 4 heteroatoms. The molecule has 0 aromatic carbocycles. The Morgan fingerprint density at radius 3 is 0.500 bits per heavy atom. The zero-order valence-corrected chi connectivity index (χ0v) is 5.52. The minimum atomic E-state index is 0. The van der Waals surface area contributed by atoms with Crippen molar-refractivity contribution in [3.05, 3.63) is 0 Å². The number of halogens is 4. The highest BCUT2D eigenvalue weighted by Gasteiger charge is -0.114. The molecule has 0 bridgehead atoms. The van der Waals surface area contributed by atoms with Crippen molar-refractivity contribution < 1.29 is 37.2 Å². The van der Waals surface area contributed by atoms with Gasteiger partial charge in [0.2, 0.25) is 0 Å². The summed E-state index contributed by atoms with van der Waals surface area (Å²) in [6.07, 6.45) is 0. The molecule has 0 atom stereocenters. The van der Waals surface area contributed by atoms with Crippen molar-refractivity contribution in [1.82, 2.24) is 0 Å². The second kappa shape index (κ2) is 26.8. The van der Waals surface area contributed by atoms with Crippen molar-refractivity contribution >= 4 is 17.0 Å². The van der Waals surface area contributed by atoms with Crippen LogP contribution in [0.5, 0.6) is 0 Å². The fourth-order valence-electron chi connectivity index (χ4n) is 0. The summed E-state index contributed by atoms with van der Waals surface area (Å²) in [5.74, 6) is 0. The molecule has 0 aromatic heterocycles. The van der Waals surface area contributed by atoms with Crippen molar-refractivity contribution in [2.24, 2.45) is 0 Å². The third-order valence-electron chi connectivity index (χ3n) is 0. The average Bonchev–Trinajstić information content (AvgIpc) is 0. The predicted octanol–water partition coefficient (Wildman–Crippen LogP) is -8.41. The Morgan fingerprint density at radius 1 is 0.500 bits per heavy atom. The first-order valence-corrected chi connectivity index (χ1v) is 0. The molecule has 0 aliphatic rings. The number of rotatable bonds is 0. The van der Waals surface area contributed by atoms with E-state index in [1.54, 1.807) is 0 Å². The summed E-state index contributed by atoms with van der Waals surface area (Å²) in [6, 6.07) is 0. The van der Waals surface area contributed by atoms with Crippen molar-refractivity contribution in [2.45, 2.75) is 0 Å². The van der Waals surface area contributed by atoms with E-state index >= 15 is 0 Å². The maximum Gasteiger partial charge on any atom is -0.114 e. The largest absolute Gasteiger partial charge is 1.00 e. The first-order valence-electron chi connectivity index (χ1n) is 0. The summed E-state index contributed by atoms with van der Waals surface area (Å²) >= 11 is 0. The molecule has 0 fully saturated rings. The smallest absolute Gasteiger partial charge is 0.114 e. The Morgan fingerprint density at radius 2 is 0.500 bits per heavy atom. The van der Waals surface area contributed by atoms with Crippen LogP contribution in [-0.4, -0.2) is 0 Å². The van der Waals surface area contributed by atoms with Crippen LogP contribution in [0.2, 0.25) is 0 Å². The molecular formula is HBrCl3-3. The Bertz CT molecular complexity index is 3.25. The number of hydrogen-bond donors (Lipinski definition) is 0.